The van der Waals surface area contributed by atoms with Crippen LogP contribution in [0.4, 0.5) is 23.5 Å². The smallest absolute Gasteiger partial charge is 0.492 e. The van der Waals surface area contributed by atoms with Crippen LogP contribution in [0.15, 0.2) is 17.1 Å². The maximum atomic E-state index is 15.8. The lowest BCUT2D eigenvalue weighted by Gasteiger charge is -2.40. The van der Waals surface area contributed by atoms with Crippen molar-refractivity contribution in [3.05, 3.63) is 33.9 Å². The molecule has 39 heavy (non-hydrogen) atoms. The molecule has 1 saturated heterocycles. The van der Waals surface area contributed by atoms with Crippen LogP contribution in [0, 0.1) is 11.7 Å². The number of carbonyl (C=O) groups is 2. The van der Waals surface area contributed by atoms with Gasteiger partial charge < -0.3 is 28.9 Å². The fraction of sp³-hybridized carbons (Fsp3) is 0.577. The Morgan fingerprint density at radius 1 is 1.21 bits per heavy atom. The van der Waals surface area contributed by atoms with Gasteiger partial charge in [0.2, 0.25) is 5.43 Å². The van der Waals surface area contributed by atoms with Gasteiger partial charge in [-0.2, -0.15) is 0 Å². The number of aromatic nitrogens is 1. The number of hydrogen-bond acceptors (Lipinski definition) is 7. The number of hydrogen-bond donors (Lipinski definition) is 1. The number of benzene rings is 1. The number of nitrogens with zero attached hydrogens (tertiary/aromatic N) is 2. The third-order valence-corrected chi connectivity index (χ3v) is 7.06. The molecule has 2 atom stereocenters. The molecule has 1 amide bonds. The average molecular weight is 551 g/mol. The van der Waals surface area contributed by atoms with Crippen LogP contribution in [0.25, 0.3) is 10.9 Å². The van der Waals surface area contributed by atoms with Crippen LogP contribution in [0.1, 0.15) is 69.8 Å². The molecule has 1 N–H and O–H groups in total. The van der Waals surface area contributed by atoms with E-state index in [9.17, 15) is 23.0 Å². The molecule has 2 fully saturated rings. The number of piperidine rings is 1. The zero-order valence-corrected chi connectivity index (χ0v) is 22.7. The van der Waals surface area contributed by atoms with Crippen molar-refractivity contribution in [2.75, 3.05) is 25.1 Å². The Morgan fingerprint density at radius 2 is 1.90 bits per heavy atom. The number of halogens is 3. The quantitative estimate of drug-likeness (QED) is 0.499. The van der Waals surface area contributed by atoms with Gasteiger partial charge in [-0.1, -0.05) is 13.3 Å². The van der Waals surface area contributed by atoms with Crippen molar-refractivity contribution in [3.63, 3.8) is 0 Å². The molecule has 0 radical (unpaired) electrons. The first kappa shape index (κ1) is 28.6. The molecule has 13 heteroatoms. The zero-order chi connectivity index (χ0) is 28.6. The third-order valence-electron chi connectivity index (χ3n) is 7.06. The molecule has 0 bridgehead atoms. The van der Waals surface area contributed by atoms with E-state index in [2.05, 4.69) is 9.97 Å². The Kier molecular flexibility index (Phi) is 8.08. The molecule has 1 aliphatic heterocycles. The number of nitrogens with one attached hydrogen (secondary N) is 1. The maximum absolute atomic E-state index is 15.8. The van der Waals surface area contributed by atoms with Gasteiger partial charge in [0.25, 0.3) is 0 Å². The summed E-state index contributed by atoms with van der Waals surface area (Å²) < 4.78 is 57.9. The highest BCUT2D eigenvalue weighted by Gasteiger charge is 2.36. The van der Waals surface area contributed by atoms with Crippen molar-refractivity contribution in [2.24, 2.45) is 5.92 Å². The monoisotopic (exact) mass is 551 g/mol. The van der Waals surface area contributed by atoms with E-state index in [1.807, 2.05) is 6.92 Å². The number of fused-ring (bicyclic) bond motifs is 1. The molecule has 1 aromatic carbocycles. The number of carbonyl (C=O) groups excluding carboxylic acids is 2. The van der Waals surface area contributed by atoms with Gasteiger partial charge in [-0.15, -0.1) is 0 Å². The second kappa shape index (κ2) is 11.0. The van der Waals surface area contributed by atoms with E-state index in [4.69, 9.17) is 9.47 Å². The molecule has 1 aliphatic carbocycles. The lowest BCUT2D eigenvalue weighted by Crippen LogP contribution is -2.53. The average Bonchev–Trinajstić information content (AvgIpc) is 3.67. The molecule has 0 unspecified atom stereocenters. The molecule has 1 saturated carbocycles. The van der Waals surface area contributed by atoms with Gasteiger partial charge >= 0.3 is 19.5 Å². The van der Waals surface area contributed by atoms with E-state index >= 15 is 4.39 Å². The van der Waals surface area contributed by atoms with Crippen LogP contribution in [0.5, 0.6) is 5.75 Å². The summed E-state index contributed by atoms with van der Waals surface area (Å²) in [4.78, 5) is 39.7. The number of pyridine rings is 1. The summed E-state index contributed by atoms with van der Waals surface area (Å²) in [7, 11) is -2.04. The van der Waals surface area contributed by atoms with E-state index in [-0.39, 0.29) is 46.9 Å². The Morgan fingerprint density at radius 3 is 2.46 bits per heavy atom. The second-order valence-electron chi connectivity index (χ2n) is 11.0. The summed E-state index contributed by atoms with van der Waals surface area (Å²) in [5.41, 5.74) is -1.82. The number of methoxy groups -OCH3 is 1. The van der Waals surface area contributed by atoms with Crippen molar-refractivity contribution in [1.29, 1.82) is 0 Å². The van der Waals surface area contributed by atoms with Crippen molar-refractivity contribution in [3.8, 4) is 5.75 Å². The fourth-order valence-corrected chi connectivity index (χ4v) is 5.18. The van der Waals surface area contributed by atoms with E-state index in [1.165, 1.54) is 13.3 Å². The first-order valence-corrected chi connectivity index (χ1v) is 13.0. The minimum Gasteiger partial charge on any atom is -0.492 e. The molecule has 0 spiro atoms. The molecule has 212 valence electrons. The molecular weight excluding hydrogens is 518 g/mol. The largest absolute Gasteiger partial charge is 0.798 e. The van der Waals surface area contributed by atoms with Gasteiger partial charge in [0.15, 0.2) is 11.6 Å². The standard InChI is InChI=1S/C26H33BF3N3O6/c1-6-14-9-10-32(13-19(14)31-25(36)38-26(2,3)4)21-18(28)11-16-20(23(21)37-5)33(15-7-8-15)12-17(22(16)34)24(35)39-27(29)30/h11-12,14-15,19H,6-10,13H2,1-5H3,(H,31,36)/t14-,19-/m1/s1. The summed E-state index contributed by atoms with van der Waals surface area (Å²) in [5.74, 6) is -2.03. The minimum atomic E-state index is -3.40. The lowest BCUT2D eigenvalue weighted by atomic mass is 9.89. The van der Waals surface area contributed by atoms with E-state index < -0.39 is 41.9 Å². The van der Waals surface area contributed by atoms with Crippen molar-refractivity contribution in [2.45, 2.75) is 71.1 Å². The summed E-state index contributed by atoms with van der Waals surface area (Å²) in [5, 5.41) is 2.75. The van der Waals surface area contributed by atoms with Crippen LogP contribution >= 0.6 is 0 Å². The highest BCUT2D eigenvalue weighted by Crippen LogP contribution is 2.44. The maximum Gasteiger partial charge on any atom is 0.798 e. The van der Waals surface area contributed by atoms with Gasteiger partial charge in [-0.05, 0) is 52.0 Å². The van der Waals surface area contributed by atoms with Gasteiger partial charge in [-0.3, -0.25) is 4.79 Å². The van der Waals surface area contributed by atoms with Gasteiger partial charge in [0.05, 0.1) is 24.1 Å². The molecule has 1 aromatic heterocycles. The normalized spacial score (nSPS) is 19.5. The Balaban J connectivity index is 1.78. The molecular formula is C26H33BF3N3O6. The topological polar surface area (TPSA) is 99.1 Å². The van der Waals surface area contributed by atoms with Crippen molar-refractivity contribution in [1.82, 2.24) is 9.88 Å². The van der Waals surface area contributed by atoms with Crippen LogP contribution < -0.4 is 20.4 Å². The summed E-state index contributed by atoms with van der Waals surface area (Å²) >= 11 is 0. The summed E-state index contributed by atoms with van der Waals surface area (Å²) in [6, 6.07) is 0.553. The number of amides is 1. The van der Waals surface area contributed by atoms with Crippen LogP contribution in [0.3, 0.4) is 0 Å². The van der Waals surface area contributed by atoms with Gasteiger partial charge in [-0.25, -0.2) is 22.6 Å². The lowest BCUT2D eigenvalue weighted by molar-refractivity contribution is 0.0478. The molecule has 2 aliphatic rings. The summed E-state index contributed by atoms with van der Waals surface area (Å²) in [6.45, 7) is 8.06. The first-order chi connectivity index (χ1) is 18.3. The van der Waals surface area contributed by atoms with Gasteiger partial charge in [0.1, 0.15) is 16.9 Å². The summed E-state index contributed by atoms with van der Waals surface area (Å²) in [6.07, 6.45) is 3.52. The highest BCUT2D eigenvalue weighted by molar-refractivity contribution is 6.38. The van der Waals surface area contributed by atoms with Crippen LogP contribution in [0.2, 0.25) is 0 Å². The first-order valence-electron chi connectivity index (χ1n) is 13.0. The van der Waals surface area contributed by atoms with Gasteiger partial charge in [0, 0.05) is 25.3 Å². The highest BCUT2D eigenvalue weighted by atomic mass is 19.2. The van der Waals surface area contributed by atoms with Crippen molar-refractivity contribution >= 4 is 36.1 Å². The zero-order valence-electron chi connectivity index (χ0n) is 22.7. The predicted octanol–water partition coefficient (Wildman–Crippen LogP) is 4.69. The molecule has 2 heterocycles. The third kappa shape index (κ3) is 6.12. The molecule has 4 rings (SSSR count). The molecule has 9 nitrogen and oxygen atoms in total. The minimum absolute atomic E-state index is 0.0914. The Hall–Kier alpha value is -3.38. The number of anilines is 1. The van der Waals surface area contributed by atoms with E-state index in [0.717, 1.165) is 25.3 Å². The predicted molar refractivity (Wildman–Crippen MR) is 140 cm³/mol. The number of rotatable bonds is 7. The number of ether oxygens (including phenoxy) is 2. The second-order valence-corrected chi connectivity index (χ2v) is 11.0. The number of alkyl carbamates (subject to hydrolysis) is 1. The van der Waals surface area contributed by atoms with E-state index in [0.29, 0.717) is 13.0 Å². The SMILES string of the molecule is CC[C@@H]1CCN(c2c(F)cc3c(=O)c(C(=O)OB(F)F)cn(C4CC4)c3c2OC)C[C@H]1NC(=O)OC(C)(C)C. The van der Waals surface area contributed by atoms with E-state index in [1.54, 1.807) is 30.2 Å². The fourth-order valence-electron chi connectivity index (χ4n) is 5.18. The molecule has 2 aromatic rings. The van der Waals surface area contributed by atoms with Crippen LogP contribution in [-0.4, -0.2) is 55.9 Å². The van der Waals surface area contributed by atoms with Crippen molar-refractivity contribution < 1.29 is 36.7 Å². The Labute approximate surface area is 224 Å². The van der Waals surface area contributed by atoms with Crippen LogP contribution in [-0.2, 0) is 9.39 Å². The Bertz CT molecular complexity index is 1320.